The highest BCUT2D eigenvalue weighted by atomic mass is 79.9. The Morgan fingerprint density at radius 3 is 3.04 bits per heavy atom. The van der Waals surface area contributed by atoms with Gasteiger partial charge in [0.05, 0.1) is 10.2 Å². The zero-order valence-electron chi connectivity index (χ0n) is 13.6. The number of hydrogen-bond acceptors (Lipinski definition) is 7. The van der Waals surface area contributed by atoms with Crippen LogP contribution in [0.25, 0.3) is 0 Å². The van der Waals surface area contributed by atoms with Gasteiger partial charge in [-0.25, -0.2) is 14.0 Å². The minimum absolute atomic E-state index is 0.0168. The van der Waals surface area contributed by atoms with Crippen molar-refractivity contribution in [3.8, 4) is 0 Å². The van der Waals surface area contributed by atoms with Crippen molar-refractivity contribution in [2.45, 2.75) is 23.9 Å². The second-order valence-corrected chi connectivity index (χ2v) is 7.46. The van der Waals surface area contributed by atoms with Gasteiger partial charge >= 0.3 is 0 Å². The van der Waals surface area contributed by atoms with Gasteiger partial charge < -0.3 is 4.90 Å². The molecule has 8 nitrogen and oxygen atoms in total. The number of amides is 1. The topological polar surface area (TPSA) is 104 Å². The van der Waals surface area contributed by atoms with E-state index in [-0.39, 0.29) is 28.0 Å². The summed E-state index contributed by atoms with van der Waals surface area (Å²) in [4.78, 5) is 17.5. The first-order valence-corrected chi connectivity index (χ1v) is 9.42. The molecule has 1 saturated heterocycles. The molecule has 0 saturated carbocycles. The van der Waals surface area contributed by atoms with Crippen LogP contribution < -0.4 is 5.48 Å². The van der Waals surface area contributed by atoms with E-state index in [9.17, 15) is 14.4 Å². The minimum atomic E-state index is -0.419. The molecule has 0 radical (unpaired) electrons. The molecular weight excluding hydrogens is 429 g/mol. The summed E-state index contributed by atoms with van der Waals surface area (Å²) in [6.07, 6.45) is 1.32. The van der Waals surface area contributed by atoms with Crippen molar-refractivity contribution in [3.63, 3.8) is 0 Å². The average molecular weight is 444 g/mol. The number of nitrogens with one attached hydrogen (secondary N) is 1. The van der Waals surface area contributed by atoms with E-state index in [2.05, 4.69) is 31.2 Å². The summed E-state index contributed by atoms with van der Waals surface area (Å²) >= 11 is 4.44. The highest BCUT2D eigenvalue weighted by molar-refractivity contribution is 9.10. The Kier molecular flexibility index (Phi) is 5.89. The second-order valence-electron chi connectivity index (χ2n) is 5.60. The van der Waals surface area contributed by atoms with Crippen LogP contribution in [-0.4, -0.2) is 51.0 Å². The number of hydrogen-bond donors (Lipinski definition) is 2. The first-order valence-electron chi connectivity index (χ1n) is 7.65. The predicted molar refractivity (Wildman–Crippen MR) is 96.0 cm³/mol. The quantitative estimate of drug-likeness (QED) is 0.316. The summed E-state index contributed by atoms with van der Waals surface area (Å²) in [5, 5.41) is 17.5. The van der Waals surface area contributed by atoms with E-state index in [1.54, 1.807) is 11.9 Å². The van der Waals surface area contributed by atoms with Crippen LogP contribution in [0.5, 0.6) is 0 Å². The molecule has 26 heavy (non-hydrogen) atoms. The average Bonchev–Trinajstić information content (AvgIpc) is 3.22. The monoisotopic (exact) mass is 443 g/mol. The molecule has 1 atom stereocenters. The largest absolute Gasteiger partial charge is 0.342 e. The van der Waals surface area contributed by atoms with Crippen LogP contribution in [0.3, 0.4) is 0 Å². The Morgan fingerprint density at radius 2 is 2.38 bits per heavy atom. The molecule has 1 aliphatic heterocycles. The molecule has 3 rings (SSSR count). The van der Waals surface area contributed by atoms with Crippen molar-refractivity contribution in [3.05, 3.63) is 34.2 Å². The number of amidine groups is 1. The summed E-state index contributed by atoms with van der Waals surface area (Å²) in [5.74, 6) is 0.333. The summed E-state index contributed by atoms with van der Waals surface area (Å²) in [5.41, 5.74) is 2.60. The van der Waals surface area contributed by atoms with E-state index in [0.717, 1.165) is 6.42 Å². The number of nitrogens with zero attached hydrogens (tertiary/aromatic N) is 4. The Labute approximate surface area is 160 Å². The molecule has 1 aromatic heterocycles. The lowest BCUT2D eigenvalue weighted by atomic mass is 10.2. The zero-order valence-corrected chi connectivity index (χ0v) is 16.0. The third-order valence-corrected chi connectivity index (χ3v) is 5.68. The maximum absolute atomic E-state index is 13.3. The first-order chi connectivity index (χ1) is 12.5. The molecule has 1 aliphatic rings. The van der Waals surface area contributed by atoms with E-state index < -0.39 is 5.82 Å². The van der Waals surface area contributed by atoms with Crippen LogP contribution in [-0.2, 0) is 4.79 Å². The van der Waals surface area contributed by atoms with Gasteiger partial charge in [0.2, 0.25) is 5.91 Å². The van der Waals surface area contributed by atoms with Gasteiger partial charge in [0.1, 0.15) is 5.82 Å². The van der Waals surface area contributed by atoms with Crippen LogP contribution in [0.4, 0.5) is 10.1 Å². The van der Waals surface area contributed by atoms with Crippen LogP contribution in [0.1, 0.15) is 18.5 Å². The minimum Gasteiger partial charge on any atom is -0.342 e. The lowest BCUT2D eigenvalue weighted by Gasteiger charge is -2.18. The van der Waals surface area contributed by atoms with Gasteiger partial charge in [-0.15, -0.1) is 0 Å². The molecular formula is C15H15BrFN5O3S. The second kappa shape index (κ2) is 8.14. The van der Waals surface area contributed by atoms with Crippen LogP contribution >= 0.6 is 27.7 Å². The first kappa shape index (κ1) is 18.8. The fourth-order valence-corrected chi connectivity index (χ4v) is 3.93. The maximum Gasteiger partial charge on any atom is 0.222 e. The van der Waals surface area contributed by atoms with Gasteiger partial charge in [0, 0.05) is 25.3 Å². The van der Waals surface area contributed by atoms with Crippen LogP contribution in [0.2, 0.25) is 0 Å². The van der Waals surface area contributed by atoms with E-state index >= 15 is 0 Å². The smallest absolute Gasteiger partial charge is 0.222 e. The van der Waals surface area contributed by atoms with Crippen molar-refractivity contribution in [1.82, 2.24) is 20.7 Å². The number of carbonyl (C=O) groups excluding carboxylic acids is 1. The molecule has 11 heteroatoms. The zero-order chi connectivity index (χ0) is 18.7. The number of benzene rings is 1. The fraction of sp³-hybridized carbons (Fsp3) is 0.333. The Morgan fingerprint density at radius 1 is 1.58 bits per heavy atom. The van der Waals surface area contributed by atoms with E-state index in [1.807, 2.05) is 5.48 Å². The van der Waals surface area contributed by atoms with E-state index in [1.165, 1.54) is 30.0 Å². The molecule has 2 aromatic rings. The number of hydroxylamine groups is 1. The van der Waals surface area contributed by atoms with Crippen molar-refractivity contribution in [2.24, 2.45) is 4.99 Å². The lowest BCUT2D eigenvalue weighted by molar-refractivity contribution is -0.127. The predicted octanol–water partition coefficient (Wildman–Crippen LogP) is 2.74. The van der Waals surface area contributed by atoms with Crippen molar-refractivity contribution >= 4 is 45.1 Å². The normalized spacial score (nSPS) is 17.8. The van der Waals surface area contributed by atoms with E-state index in [4.69, 9.17) is 4.63 Å². The molecule has 2 N–H and O–H groups in total. The van der Waals surface area contributed by atoms with Crippen molar-refractivity contribution < 1.29 is 19.0 Å². The third kappa shape index (κ3) is 4.05. The molecule has 138 valence electrons. The Balaban J connectivity index is 1.77. The van der Waals surface area contributed by atoms with Gasteiger partial charge in [-0.2, -0.15) is 0 Å². The number of aromatic nitrogens is 2. The molecule has 0 spiro atoms. The molecule has 1 amide bonds. The van der Waals surface area contributed by atoms with E-state index in [0.29, 0.717) is 22.9 Å². The molecule has 1 fully saturated rings. The van der Waals surface area contributed by atoms with Gasteiger partial charge in [0.25, 0.3) is 0 Å². The highest BCUT2D eigenvalue weighted by Gasteiger charge is 2.28. The maximum atomic E-state index is 13.3. The summed E-state index contributed by atoms with van der Waals surface area (Å²) in [6, 6.07) is 4.28. The molecule has 0 unspecified atom stereocenters. The van der Waals surface area contributed by atoms with Gasteiger partial charge in [0.15, 0.2) is 16.6 Å². The van der Waals surface area contributed by atoms with Gasteiger partial charge in [-0.05, 0) is 50.9 Å². The van der Waals surface area contributed by atoms with Crippen LogP contribution in [0.15, 0.2) is 37.3 Å². The summed E-state index contributed by atoms with van der Waals surface area (Å²) in [7, 11) is 1.77. The summed E-state index contributed by atoms with van der Waals surface area (Å²) in [6.45, 7) is 0. The Bertz CT molecular complexity index is 846. The number of carbonyl (C=O) groups is 1. The molecule has 1 aromatic carbocycles. The van der Waals surface area contributed by atoms with Gasteiger partial charge in [-0.3, -0.25) is 15.5 Å². The lowest BCUT2D eigenvalue weighted by Crippen LogP contribution is -2.30. The molecule has 0 aliphatic carbocycles. The van der Waals surface area contributed by atoms with Crippen molar-refractivity contribution in [1.29, 1.82) is 0 Å². The van der Waals surface area contributed by atoms with Crippen molar-refractivity contribution in [2.75, 3.05) is 12.8 Å². The number of thioether (sulfide) groups is 1. The van der Waals surface area contributed by atoms with Gasteiger partial charge in [-0.1, -0.05) is 11.8 Å². The Hall–Kier alpha value is -1.98. The summed E-state index contributed by atoms with van der Waals surface area (Å²) < 4.78 is 18.4. The SMILES string of the molecule is CN1C(=O)CC[C@@H]1CSc1nonc1C(=Nc1ccc(F)c(Br)c1)NO. The standard InChI is InChI=1S/C15H15BrFN5O3S/c1-22-9(3-5-12(22)23)7-26-15-13(20-25-21-15)14(19-24)18-8-2-4-11(17)10(16)6-8/h2,4,6,9,24H,3,5,7H2,1H3,(H,18,19)/t9-/m1/s1. The fourth-order valence-electron chi connectivity index (χ4n) is 2.47. The molecule has 0 bridgehead atoms. The molecule has 2 heterocycles. The highest BCUT2D eigenvalue weighted by Crippen LogP contribution is 2.27. The third-order valence-electron chi connectivity index (χ3n) is 3.98. The number of likely N-dealkylation sites (tertiary alicyclic amines) is 1. The number of rotatable bonds is 5. The number of aliphatic imine (C=N–C) groups is 1. The number of halogens is 2. The van der Waals surface area contributed by atoms with Crippen LogP contribution in [0, 0.1) is 5.82 Å².